The highest BCUT2D eigenvalue weighted by molar-refractivity contribution is 9.10. The topological polar surface area (TPSA) is 38.8 Å². The number of thiocarbonyl (C=S) groups is 1. The Labute approximate surface area is 189 Å². The molecule has 29 heavy (non-hydrogen) atoms. The van der Waals surface area contributed by atoms with E-state index >= 15 is 0 Å². The number of nitrogens with zero attached hydrogens (tertiary/aromatic N) is 1. The monoisotopic (exact) mass is 491 g/mol. The lowest BCUT2D eigenvalue weighted by Crippen LogP contribution is -2.27. The molecule has 0 atom stereocenters. The summed E-state index contributed by atoms with van der Waals surface area (Å²) in [4.78, 5) is 14.7. The van der Waals surface area contributed by atoms with Crippen molar-refractivity contribution in [2.24, 2.45) is 0 Å². The molecule has 0 unspecified atom stereocenters. The summed E-state index contributed by atoms with van der Waals surface area (Å²) in [5.74, 6) is 1.22. The lowest BCUT2D eigenvalue weighted by atomic mass is 10.1. The van der Waals surface area contributed by atoms with Gasteiger partial charge in [0.05, 0.1) is 16.0 Å². The Morgan fingerprint density at radius 1 is 1.21 bits per heavy atom. The van der Waals surface area contributed by atoms with Crippen molar-refractivity contribution in [1.29, 1.82) is 0 Å². The Hall–Kier alpha value is -1.83. The van der Waals surface area contributed by atoms with Crippen LogP contribution in [0, 0.1) is 6.92 Å². The van der Waals surface area contributed by atoms with Crippen molar-refractivity contribution in [3.8, 4) is 11.5 Å². The fourth-order valence-corrected chi connectivity index (χ4v) is 4.88. The zero-order valence-electron chi connectivity index (χ0n) is 16.5. The average molecular weight is 492 g/mol. The number of benzene rings is 2. The first-order chi connectivity index (χ1) is 13.9. The summed E-state index contributed by atoms with van der Waals surface area (Å²) in [7, 11) is 0. The van der Waals surface area contributed by atoms with E-state index in [4.69, 9.17) is 21.7 Å². The average Bonchev–Trinajstić information content (AvgIpc) is 2.95. The van der Waals surface area contributed by atoms with Gasteiger partial charge < -0.3 is 9.47 Å². The van der Waals surface area contributed by atoms with Gasteiger partial charge >= 0.3 is 0 Å². The van der Waals surface area contributed by atoms with Crippen molar-refractivity contribution in [2.75, 3.05) is 13.2 Å². The van der Waals surface area contributed by atoms with E-state index in [2.05, 4.69) is 28.9 Å². The molecule has 1 fully saturated rings. The summed E-state index contributed by atoms with van der Waals surface area (Å²) in [6, 6.07) is 11.9. The molecule has 152 valence electrons. The summed E-state index contributed by atoms with van der Waals surface area (Å²) in [5.41, 5.74) is 3.14. The van der Waals surface area contributed by atoms with E-state index in [0.717, 1.165) is 15.6 Å². The van der Waals surface area contributed by atoms with Gasteiger partial charge in [0.15, 0.2) is 11.5 Å². The summed E-state index contributed by atoms with van der Waals surface area (Å²) < 4.78 is 13.3. The zero-order valence-corrected chi connectivity index (χ0v) is 19.7. The minimum absolute atomic E-state index is 0.0588. The molecule has 0 aliphatic carbocycles. The smallest absolute Gasteiger partial charge is 0.266 e. The molecule has 1 aliphatic rings. The predicted molar refractivity (Wildman–Crippen MR) is 126 cm³/mol. The first-order valence-electron chi connectivity index (χ1n) is 9.33. The quantitative estimate of drug-likeness (QED) is 0.353. The maximum absolute atomic E-state index is 12.5. The number of thioether (sulfide) groups is 1. The van der Waals surface area contributed by atoms with Gasteiger partial charge in [0.1, 0.15) is 10.9 Å². The number of carbonyl (C=O) groups excluding carboxylic acids is 1. The fraction of sp³-hybridized carbons (Fsp3) is 0.273. The molecule has 1 amide bonds. The van der Waals surface area contributed by atoms with Crippen LogP contribution in [0.3, 0.4) is 0 Å². The van der Waals surface area contributed by atoms with Gasteiger partial charge in [-0.05, 0) is 71.6 Å². The number of likely N-dealkylation sites (N-methyl/N-ethyl adjacent to an activating group) is 1. The molecular weight excluding hydrogens is 470 g/mol. The zero-order chi connectivity index (χ0) is 21.0. The number of amides is 1. The van der Waals surface area contributed by atoms with E-state index in [1.165, 1.54) is 17.3 Å². The van der Waals surface area contributed by atoms with E-state index in [1.54, 1.807) is 4.90 Å². The Bertz CT molecular complexity index is 975. The number of hydrogen-bond acceptors (Lipinski definition) is 5. The standard InChI is InChI=1S/C22H22BrNO3S2/c1-4-24-21(25)19(29-22(24)28)12-15-10-17(23)20(18(11-15)26-5-2)27-13-16-9-7-6-8-14(16)3/h6-12H,4-5,13H2,1-3H3/b19-12-. The molecule has 3 rings (SSSR count). The van der Waals surface area contributed by atoms with E-state index in [9.17, 15) is 4.79 Å². The Kier molecular flexibility index (Phi) is 7.38. The van der Waals surface area contributed by atoms with Crippen LogP contribution in [0.2, 0.25) is 0 Å². The van der Waals surface area contributed by atoms with Crippen LogP contribution in [-0.2, 0) is 11.4 Å². The van der Waals surface area contributed by atoms with Gasteiger partial charge in [-0.25, -0.2) is 0 Å². The highest BCUT2D eigenvalue weighted by Gasteiger charge is 2.30. The van der Waals surface area contributed by atoms with Crippen molar-refractivity contribution < 1.29 is 14.3 Å². The van der Waals surface area contributed by atoms with Crippen molar-refractivity contribution in [2.45, 2.75) is 27.4 Å². The number of rotatable bonds is 7. The lowest BCUT2D eigenvalue weighted by Gasteiger charge is -2.15. The summed E-state index contributed by atoms with van der Waals surface area (Å²) in [6.45, 7) is 7.43. The van der Waals surface area contributed by atoms with Gasteiger partial charge in [0.25, 0.3) is 5.91 Å². The van der Waals surface area contributed by atoms with Crippen LogP contribution in [0.25, 0.3) is 6.08 Å². The van der Waals surface area contributed by atoms with Crippen LogP contribution in [0.5, 0.6) is 11.5 Å². The number of halogens is 1. The van der Waals surface area contributed by atoms with E-state index in [-0.39, 0.29) is 5.91 Å². The van der Waals surface area contributed by atoms with Crippen LogP contribution < -0.4 is 9.47 Å². The predicted octanol–water partition coefficient (Wildman–Crippen LogP) is 5.96. The van der Waals surface area contributed by atoms with Crippen molar-refractivity contribution in [3.63, 3.8) is 0 Å². The minimum Gasteiger partial charge on any atom is -0.490 e. The second-order valence-corrected chi connectivity index (χ2v) is 8.93. The molecule has 0 radical (unpaired) electrons. The Morgan fingerprint density at radius 3 is 2.62 bits per heavy atom. The molecule has 1 saturated heterocycles. The summed E-state index contributed by atoms with van der Waals surface area (Å²) >= 11 is 10.2. The third-order valence-corrected chi connectivity index (χ3v) is 6.42. The molecule has 7 heteroatoms. The molecule has 0 saturated carbocycles. The molecule has 0 bridgehead atoms. The second-order valence-electron chi connectivity index (χ2n) is 6.40. The van der Waals surface area contributed by atoms with Gasteiger partial charge in [-0.1, -0.05) is 48.2 Å². The SMILES string of the molecule is CCOc1cc(/C=C2\SC(=S)N(CC)C2=O)cc(Br)c1OCc1ccccc1C. The fourth-order valence-electron chi connectivity index (χ4n) is 2.92. The Balaban J connectivity index is 1.89. The molecule has 4 nitrogen and oxygen atoms in total. The van der Waals surface area contributed by atoms with Gasteiger partial charge in [-0.3, -0.25) is 9.69 Å². The molecule has 0 N–H and O–H groups in total. The van der Waals surface area contributed by atoms with Gasteiger partial charge in [0.2, 0.25) is 0 Å². The van der Waals surface area contributed by atoms with E-state index in [1.807, 2.05) is 50.3 Å². The van der Waals surface area contributed by atoms with Crippen LogP contribution in [0.1, 0.15) is 30.5 Å². The van der Waals surface area contributed by atoms with E-state index < -0.39 is 0 Å². The van der Waals surface area contributed by atoms with Crippen molar-refractivity contribution in [3.05, 3.63) is 62.5 Å². The molecule has 0 spiro atoms. The van der Waals surface area contributed by atoms with Crippen molar-refractivity contribution in [1.82, 2.24) is 4.90 Å². The van der Waals surface area contributed by atoms with Crippen LogP contribution >= 0.6 is 39.9 Å². The van der Waals surface area contributed by atoms with Gasteiger partial charge in [0, 0.05) is 6.54 Å². The highest BCUT2D eigenvalue weighted by Crippen LogP contribution is 2.39. The summed E-state index contributed by atoms with van der Waals surface area (Å²) in [5, 5.41) is 0. The Morgan fingerprint density at radius 2 is 1.97 bits per heavy atom. The largest absolute Gasteiger partial charge is 0.490 e. The minimum atomic E-state index is -0.0588. The normalized spacial score (nSPS) is 15.3. The third-order valence-electron chi connectivity index (χ3n) is 4.45. The lowest BCUT2D eigenvalue weighted by molar-refractivity contribution is -0.121. The molecule has 2 aromatic rings. The second kappa shape index (κ2) is 9.78. The molecule has 2 aromatic carbocycles. The van der Waals surface area contributed by atoms with Crippen LogP contribution in [-0.4, -0.2) is 28.3 Å². The maximum atomic E-state index is 12.5. The number of carbonyl (C=O) groups is 1. The number of aryl methyl sites for hydroxylation is 1. The highest BCUT2D eigenvalue weighted by atomic mass is 79.9. The molecule has 0 aromatic heterocycles. The third kappa shape index (κ3) is 5.02. The van der Waals surface area contributed by atoms with Gasteiger partial charge in [-0.15, -0.1) is 0 Å². The molecule has 1 heterocycles. The van der Waals surface area contributed by atoms with E-state index in [0.29, 0.717) is 40.5 Å². The number of ether oxygens (including phenoxy) is 2. The first-order valence-corrected chi connectivity index (χ1v) is 11.3. The number of hydrogen-bond donors (Lipinski definition) is 0. The summed E-state index contributed by atoms with van der Waals surface area (Å²) in [6.07, 6.45) is 1.84. The van der Waals surface area contributed by atoms with Crippen LogP contribution in [0.15, 0.2) is 45.8 Å². The first kappa shape index (κ1) is 21.9. The van der Waals surface area contributed by atoms with Crippen molar-refractivity contribution >= 4 is 56.2 Å². The molecular formula is C22H22BrNO3S2. The molecule has 1 aliphatic heterocycles. The van der Waals surface area contributed by atoms with Gasteiger partial charge in [-0.2, -0.15) is 0 Å². The maximum Gasteiger partial charge on any atom is 0.266 e. The van der Waals surface area contributed by atoms with Crippen LogP contribution in [0.4, 0.5) is 0 Å².